The van der Waals surface area contributed by atoms with Gasteiger partial charge >= 0.3 is 6.09 Å². The van der Waals surface area contributed by atoms with Gasteiger partial charge in [-0.25, -0.2) is 4.79 Å². The molecule has 0 saturated carbocycles. The number of amides is 1. The van der Waals surface area contributed by atoms with Gasteiger partial charge in [0.2, 0.25) is 0 Å². The van der Waals surface area contributed by atoms with Crippen LogP contribution >= 0.6 is 0 Å². The fourth-order valence-corrected chi connectivity index (χ4v) is 1.42. The Morgan fingerprint density at radius 2 is 2.00 bits per heavy atom. The van der Waals surface area contributed by atoms with E-state index in [4.69, 9.17) is 4.74 Å². The van der Waals surface area contributed by atoms with Crippen LogP contribution in [0.4, 0.5) is 4.79 Å². The first kappa shape index (κ1) is 14.5. The van der Waals surface area contributed by atoms with E-state index in [0.717, 1.165) is 25.9 Å². The Morgan fingerprint density at radius 3 is 2.40 bits per heavy atom. The van der Waals surface area contributed by atoms with Crippen LogP contribution in [0.2, 0.25) is 6.04 Å². The average molecular weight is 231 g/mol. The van der Waals surface area contributed by atoms with Gasteiger partial charge in [-0.1, -0.05) is 13.0 Å². The molecule has 0 saturated heterocycles. The number of hydrogen-bond donors (Lipinski definition) is 0. The quantitative estimate of drug-likeness (QED) is 0.653. The Labute approximate surface area is 96.6 Å². The molecule has 0 radical (unpaired) electrons. The largest absolute Gasteiger partial charge is 0.443 e. The molecular weight excluding hydrogens is 206 g/mol. The molecule has 0 fully saturated rings. The minimum atomic E-state index is -0.342. The maximum Gasteiger partial charge on any atom is 0.410 e. The van der Waals surface area contributed by atoms with Crippen molar-refractivity contribution in [1.29, 1.82) is 0 Å². The zero-order chi connectivity index (χ0) is 11.9. The Morgan fingerprint density at radius 1 is 1.40 bits per heavy atom. The summed E-state index contributed by atoms with van der Waals surface area (Å²) in [4.78, 5) is 13.6. The standard InChI is InChI=1S/C11H25NO2Si/c1-5-11(3,4)14-10(13)12(6-2)8-7-9-15/h5-9H2,1-4,15H3. The van der Waals surface area contributed by atoms with E-state index in [1.54, 1.807) is 4.90 Å². The highest BCUT2D eigenvalue weighted by Gasteiger charge is 2.23. The van der Waals surface area contributed by atoms with Crippen molar-refractivity contribution in [3.63, 3.8) is 0 Å². The lowest BCUT2D eigenvalue weighted by molar-refractivity contribution is 0.0123. The number of carbonyl (C=O) groups excluding carboxylic acids is 1. The summed E-state index contributed by atoms with van der Waals surface area (Å²) in [5, 5.41) is 0. The van der Waals surface area contributed by atoms with E-state index in [1.165, 1.54) is 16.3 Å². The van der Waals surface area contributed by atoms with Crippen molar-refractivity contribution in [2.45, 2.75) is 52.2 Å². The maximum atomic E-state index is 11.8. The van der Waals surface area contributed by atoms with E-state index in [2.05, 4.69) is 0 Å². The highest BCUT2D eigenvalue weighted by molar-refractivity contribution is 6.08. The SMILES string of the molecule is CCN(CCC[SiH3])C(=O)OC(C)(C)CC. The van der Waals surface area contributed by atoms with Crippen molar-refractivity contribution in [2.75, 3.05) is 13.1 Å². The van der Waals surface area contributed by atoms with Crippen LogP contribution in [-0.4, -0.2) is 39.9 Å². The first-order valence-electron chi connectivity index (χ1n) is 5.94. The third-order valence-electron chi connectivity index (χ3n) is 2.64. The zero-order valence-corrected chi connectivity index (χ0v) is 12.8. The zero-order valence-electron chi connectivity index (χ0n) is 10.8. The van der Waals surface area contributed by atoms with Gasteiger partial charge in [0, 0.05) is 23.3 Å². The molecule has 0 atom stereocenters. The van der Waals surface area contributed by atoms with Gasteiger partial charge in [0.25, 0.3) is 0 Å². The molecule has 3 nitrogen and oxygen atoms in total. The normalized spacial score (nSPS) is 11.5. The third kappa shape index (κ3) is 5.82. The fourth-order valence-electron chi connectivity index (χ4n) is 1.10. The molecule has 0 aromatic rings. The van der Waals surface area contributed by atoms with E-state index < -0.39 is 0 Å². The Balaban J connectivity index is 4.15. The van der Waals surface area contributed by atoms with Gasteiger partial charge in [0.1, 0.15) is 5.60 Å². The van der Waals surface area contributed by atoms with Crippen LogP contribution in [-0.2, 0) is 4.74 Å². The molecule has 0 aromatic heterocycles. The molecule has 0 unspecified atom stereocenters. The van der Waals surface area contributed by atoms with Crippen molar-refractivity contribution in [3.8, 4) is 0 Å². The molecule has 0 bridgehead atoms. The Bertz CT molecular complexity index is 195. The summed E-state index contributed by atoms with van der Waals surface area (Å²) >= 11 is 0. The molecule has 0 aliphatic carbocycles. The lowest BCUT2D eigenvalue weighted by Crippen LogP contribution is -2.38. The number of nitrogens with zero attached hydrogens (tertiary/aromatic N) is 1. The number of ether oxygens (including phenoxy) is 1. The van der Waals surface area contributed by atoms with Crippen LogP contribution in [0.15, 0.2) is 0 Å². The molecular formula is C11H25NO2Si. The maximum absolute atomic E-state index is 11.8. The van der Waals surface area contributed by atoms with Crippen molar-refractivity contribution in [1.82, 2.24) is 4.90 Å². The van der Waals surface area contributed by atoms with E-state index in [0.29, 0.717) is 0 Å². The van der Waals surface area contributed by atoms with Crippen LogP contribution in [0.25, 0.3) is 0 Å². The second-order valence-corrected chi connectivity index (χ2v) is 5.41. The van der Waals surface area contributed by atoms with Crippen molar-refractivity contribution in [3.05, 3.63) is 0 Å². The lowest BCUT2D eigenvalue weighted by Gasteiger charge is -2.28. The molecule has 90 valence electrons. The molecule has 0 aromatic carbocycles. The summed E-state index contributed by atoms with van der Waals surface area (Å²) in [6.45, 7) is 9.49. The summed E-state index contributed by atoms with van der Waals surface area (Å²) in [7, 11) is 1.21. The lowest BCUT2D eigenvalue weighted by atomic mass is 10.1. The van der Waals surface area contributed by atoms with Crippen LogP contribution in [0, 0.1) is 0 Å². The molecule has 0 N–H and O–H groups in total. The van der Waals surface area contributed by atoms with Gasteiger partial charge in [-0.3, -0.25) is 0 Å². The van der Waals surface area contributed by atoms with Crippen molar-refractivity contribution >= 4 is 16.3 Å². The first-order valence-corrected chi connectivity index (χ1v) is 7.36. The Hall–Kier alpha value is -0.513. The first-order chi connectivity index (χ1) is 6.96. The van der Waals surface area contributed by atoms with E-state index in [-0.39, 0.29) is 11.7 Å². The highest BCUT2D eigenvalue weighted by Crippen LogP contribution is 2.15. The smallest absolute Gasteiger partial charge is 0.410 e. The summed E-state index contributed by atoms with van der Waals surface area (Å²) < 4.78 is 5.44. The average Bonchev–Trinajstić information content (AvgIpc) is 2.18. The number of carbonyl (C=O) groups is 1. The molecule has 0 aliphatic rings. The van der Waals surface area contributed by atoms with E-state index in [9.17, 15) is 4.79 Å². The molecule has 1 amide bonds. The number of hydrogen-bond acceptors (Lipinski definition) is 2. The topological polar surface area (TPSA) is 29.5 Å². The predicted molar refractivity (Wildman–Crippen MR) is 67.5 cm³/mol. The van der Waals surface area contributed by atoms with Gasteiger partial charge in [-0.2, -0.15) is 0 Å². The summed E-state index contributed by atoms with van der Waals surface area (Å²) in [5.41, 5.74) is -0.342. The second kappa shape index (κ2) is 6.88. The van der Waals surface area contributed by atoms with Gasteiger partial charge < -0.3 is 9.64 Å². The molecule has 0 aliphatic heterocycles. The van der Waals surface area contributed by atoms with Gasteiger partial charge in [-0.05, 0) is 33.6 Å². The van der Waals surface area contributed by atoms with Crippen LogP contribution in [0.1, 0.15) is 40.5 Å². The van der Waals surface area contributed by atoms with Crippen LogP contribution in [0.3, 0.4) is 0 Å². The van der Waals surface area contributed by atoms with Gasteiger partial charge in [0.05, 0.1) is 0 Å². The molecule has 0 heterocycles. The molecule has 4 heteroatoms. The van der Waals surface area contributed by atoms with Crippen LogP contribution < -0.4 is 0 Å². The van der Waals surface area contributed by atoms with Crippen molar-refractivity contribution < 1.29 is 9.53 Å². The second-order valence-electron chi connectivity index (χ2n) is 4.41. The van der Waals surface area contributed by atoms with Crippen molar-refractivity contribution in [2.24, 2.45) is 0 Å². The fraction of sp³-hybridized carbons (Fsp3) is 0.909. The molecule has 0 spiro atoms. The predicted octanol–water partition coefficient (Wildman–Crippen LogP) is 1.81. The summed E-state index contributed by atoms with van der Waals surface area (Å²) in [5.74, 6) is 0. The minimum Gasteiger partial charge on any atom is -0.443 e. The Kier molecular flexibility index (Phi) is 6.64. The molecule has 0 rings (SSSR count). The van der Waals surface area contributed by atoms with Gasteiger partial charge in [-0.15, -0.1) is 0 Å². The third-order valence-corrected chi connectivity index (χ3v) is 3.34. The van der Waals surface area contributed by atoms with E-state index in [1.807, 2.05) is 27.7 Å². The minimum absolute atomic E-state index is 0.167. The monoisotopic (exact) mass is 231 g/mol. The summed E-state index contributed by atoms with van der Waals surface area (Å²) in [6.07, 6.45) is 1.78. The summed E-state index contributed by atoms with van der Waals surface area (Å²) in [6, 6.07) is 1.24. The van der Waals surface area contributed by atoms with E-state index >= 15 is 0 Å². The van der Waals surface area contributed by atoms with Gasteiger partial charge in [0.15, 0.2) is 0 Å². The highest BCUT2D eigenvalue weighted by atomic mass is 28.1. The van der Waals surface area contributed by atoms with Crippen LogP contribution in [0.5, 0.6) is 0 Å². The number of rotatable bonds is 6. The molecule has 15 heavy (non-hydrogen) atoms.